The van der Waals surface area contributed by atoms with Gasteiger partial charge in [0.1, 0.15) is 11.3 Å². The first-order valence-corrected chi connectivity index (χ1v) is 14.8. The Morgan fingerprint density at radius 1 is 1.10 bits per heavy atom. The Kier molecular flexibility index (Phi) is 7.04. The van der Waals surface area contributed by atoms with Crippen LogP contribution in [0.3, 0.4) is 0 Å². The molecular weight excluding hydrogens is 526 g/mol. The van der Waals surface area contributed by atoms with E-state index in [0.717, 1.165) is 65.0 Å². The van der Waals surface area contributed by atoms with Crippen LogP contribution in [0.2, 0.25) is 0 Å². The number of Topliss-reactive ketones (excluding diaryl/α,β-unsaturated/α-hetero) is 1. The fourth-order valence-corrected chi connectivity index (χ4v) is 7.58. The average Bonchev–Trinajstić information content (AvgIpc) is 3.63. The van der Waals surface area contributed by atoms with Crippen LogP contribution in [0.15, 0.2) is 35.9 Å². The molecule has 3 fully saturated rings. The number of carboxylic acids is 1. The Balaban J connectivity index is 1.21. The van der Waals surface area contributed by atoms with Crippen molar-refractivity contribution in [1.29, 1.82) is 0 Å². The molecule has 2 saturated heterocycles. The second kappa shape index (κ2) is 10.5. The number of nitrogens with two attached hydrogens (primary N) is 1. The van der Waals surface area contributed by atoms with Crippen LogP contribution in [0.4, 0.5) is 5.13 Å². The van der Waals surface area contributed by atoms with Gasteiger partial charge in [-0.2, -0.15) is 0 Å². The van der Waals surface area contributed by atoms with Crippen LogP contribution in [-0.2, 0) is 9.53 Å². The predicted molar refractivity (Wildman–Crippen MR) is 156 cm³/mol. The van der Waals surface area contributed by atoms with Crippen LogP contribution in [0.25, 0.3) is 15.9 Å². The van der Waals surface area contributed by atoms with E-state index < -0.39 is 5.97 Å². The number of carbonyl (C=O) groups excluding carboxylic acids is 1. The summed E-state index contributed by atoms with van der Waals surface area (Å²) in [5.41, 5.74) is 11.8. The first-order valence-electron chi connectivity index (χ1n) is 14.0. The number of piperidine rings is 1. The first kappa shape index (κ1) is 26.8. The fourth-order valence-electron chi connectivity index (χ4n) is 6.42. The number of nitrogens with zero attached hydrogens (tertiary/aromatic N) is 2. The van der Waals surface area contributed by atoms with Gasteiger partial charge < -0.3 is 25.2 Å². The van der Waals surface area contributed by atoms with E-state index in [1.54, 1.807) is 6.07 Å². The number of aromatic nitrogens is 1. The zero-order valence-electron chi connectivity index (χ0n) is 23.1. The minimum atomic E-state index is -0.986. The number of benzene rings is 2. The van der Waals surface area contributed by atoms with E-state index in [1.165, 1.54) is 24.5 Å². The Morgan fingerprint density at radius 3 is 2.38 bits per heavy atom. The molecule has 2 aromatic carbocycles. The highest BCUT2D eigenvalue weighted by atomic mass is 32.1. The molecule has 3 aliphatic rings. The van der Waals surface area contributed by atoms with Crippen molar-refractivity contribution in [2.45, 2.75) is 70.6 Å². The maximum Gasteiger partial charge on any atom is 0.335 e. The number of aromatic carboxylic acids is 1. The summed E-state index contributed by atoms with van der Waals surface area (Å²) in [6.45, 7) is 4.29. The Labute approximate surface area is 237 Å². The number of rotatable bonds is 9. The molecule has 1 saturated carbocycles. The highest BCUT2D eigenvalue weighted by Crippen LogP contribution is 2.44. The highest BCUT2D eigenvalue weighted by Gasteiger charge is 2.43. The first-order chi connectivity index (χ1) is 19.2. The number of thiazole rings is 1. The molecule has 2 aliphatic heterocycles. The van der Waals surface area contributed by atoms with Gasteiger partial charge in [0, 0.05) is 34.8 Å². The number of anilines is 1. The average molecular weight is 562 g/mol. The number of ketones is 1. The number of fused-ring (bicyclic) bond motifs is 3. The second-order valence-corrected chi connectivity index (χ2v) is 12.3. The molecule has 3 atom stereocenters. The number of carbonyl (C=O) groups is 2. The summed E-state index contributed by atoms with van der Waals surface area (Å²) in [6, 6.07) is 9.82. The second-order valence-electron chi connectivity index (χ2n) is 11.3. The van der Waals surface area contributed by atoms with Gasteiger partial charge in [-0.25, -0.2) is 9.78 Å². The SMILES string of the molecule is COc1cc(C(=O)O)cc2sc(N3C4CC[C@H]3CC(OCC(C(=O)C3CC3)=C(N)c3c(C)cccc3C)C4)nc12. The van der Waals surface area contributed by atoms with Gasteiger partial charge >= 0.3 is 5.97 Å². The quantitative estimate of drug-likeness (QED) is 0.330. The summed E-state index contributed by atoms with van der Waals surface area (Å²) in [7, 11) is 1.54. The van der Waals surface area contributed by atoms with Crippen molar-refractivity contribution >= 4 is 44.1 Å². The standard InChI is InChI=1S/C31H35N3O5S/c1-16-5-4-6-17(2)26(16)27(32)23(29(35)18-7-8-18)15-39-22-13-20-9-10-21(14-22)34(20)31-33-28-24(38-3)11-19(30(36)37)12-25(28)40-31/h4-6,11-12,18,20-22H,7-10,13-15,32H2,1-3H3,(H,36,37)/t20-,21?,22?/m0/s1. The largest absolute Gasteiger partial charge is 0.494 e. The number of hydrogen-bond donors (Lipinski definition) is 2. The molecule has 1 aromatic heterocycles. The van der Waals surface area contributed by atoms with Crippen molar-refractivity contribution in [3.8, 4) is 5.75 Å². The van der Waals surface area contributed by atoms with Crippen molar-refractivity contribution in [3.63, 3.8) is 0 Å². The van der Waals surface area contributed by atoms with Gasteiger partial charge in [-0.3, -0.25) is 4.79 Å². The topological polar surface area (TPSA) is 115 Å². The van der Waals surface area contributed by atoms with E-state index in [4.69, 9.17) is 20.2 Å². The summed E-state index contributed by atoms with van der Waals surface area (Å²) in [5.74, 6) is -0.314. The number of carboxylic acid groups (broad SMARTS) is 1. The van der Waals surface area contributed by atoms with Crippen LogP contribution in [0.5, 0.6) is 5.75 Å². The van der Waals surface area contributed by atoms with E-state index in [1.807, 2.05) is 32.0 Å². The van der Waals surface area contributed by atoms with Crippen LogP contribution in [0, 0.1) is 19.8 Å². The molecular formula is C31H35N3O5S. The minimum absolute atomic E-state index is 0.0315. The van der Waals surface area contributed by atoms with E-state index in [2.05, 4.69) is 4.90 Å². The molecule has 3 aromatic rings. The van der Waals surface area contributed by atoms with Crippen LogP contribution in [0.1, 0.15) is 65.6 Å². The Hall–Kier alpha value is -3.43. The fraction of sp³-hybridized carbons (Fsp3) is 0.452. The normalized spacial score (nSPS) is 22.9. The van der Waals surface area contributed by atoms with Crippen molar-refractivity contribution in [1.82, 2.24) is 4.98 Å². The van der Waals surface area contributed by atoms with Gasteiger partial charge in [0.2, 0.25) is 0 Å². The number of aryl methyl sites for hydroxylation is 2. The lowest BCUT2D eigenvalue weighted by Crippen LogP contribution is -2.45. The molecule has 3 N–H and O–H groups in total. The summed E-state index contributed by atoms with van der Waals surface area (Å²) in [4.78, 5) is 32.2. The van der Waals surface area contributed by atoms with Crippen LogP contribution in [-0.4, -0.2) is 53.7 Å². The number of ether oxygens (including phenoxy) is 2. The molecule has 8 nitrogen and oxygen atoms in total. The molecule has 3 heterocycles. The third kappa shape index (κ3) is 4.86. The molecule has 40 heavy (non-hydrogen) atoms. The molecule has 1 aliphatic carbocycles. The molecule has 0 amide bonds. The van der Waals surface area contributed by atoms with Gasteiger partial charge in [0.25, 0.3) is 0 Å². The van der Waals surface area contributed by atoms with Gasteiger partial charge in [0.05, 0.1) is 30.1 Å². The summed E-state index contributed by atoms with van der Waals surface area (Å²) in [5, 5.41) is 10.4. The molecule has 0 spiro atoms. The zero-order valence-corrected chi connectivity index (χ0v) is 23.9. The summed E-state index contributed by atoms with van der Waals surface area (Å²) < 4.78 is 12.8. The summed E-state index contributed by atoms with van der Waals surface area (Å²) >= 11 is 1.51. The molecule has 2 unspecified atom stereocenters. The smallest absolute Gasteiger partial charge is 0.335 e. The van der Waals surface area contributed by atoms with Gasteiger partial charge in [-0.05, 0) is 75.6 Å². The third-order valence-corrected chi connectivity index (χ3v) is 9.63. The van der Waals surface area contributed by atoms with Crippen molar-refractivity contribution in [2.24, 2.45) is 11.7 Å². The number of methoxy groups -OCH3 is 1. The molecule has 6 rings (SSSR count). The van der Waals surface area contributed by atoms with Crippen LogP contribution >= 0.6 is 11.3 Å². The van der Waals surface area contributed by atoms with E-state index >= 15 is 0 Å². The van der Waals surface area contributed by atoms with Crippen molar-refractivity contribution in [2.75, 3.05) is 18.6 Å². The number of hydrogen-bond acceptors (Lipinski definition) is 8. The highest BCUT2D eigenvalue weighted by molar-refractivity contribution is 7.22. The lowest BCUT2D eigenvalue weighted by atomic mass is 9.94. The Bertz CT molecular complexity index is 1490. The lowest BCUT2D eigenvalue weighted by molar-refractivity contribution is -0.117. The maximum atomic E-state index is 13.3. The molecule has 0 radical (unpaired) electrons. The molecule has 9 heteroatoms. The van der Waals surface area contributed by atoms with E-state index in [0.29, 0.717) is 22.5 Å². The third-order valence-electron chi connectivity index (χ3n) is 8.61. The van der Waals surface area contributed by atoms with E-state index in [-0.39, 0.29) is 42.1 Å². The van der Waals surface area contributed by atoms with Crippen LogP contribution < -0.4 is 15.4 Å². The van der Waals surface area contributed by atoms with Gasteiger partial charge in [-0.1, -0.05) is 29.5 Å². The maximum absolute atomic E-state index is 13.3. The van der Waals surface area contributed by atoms with Gasteiger partial charge in [0.15, 0.2) is 10.9 Å². The van der Waals surface area contributed by atoms with Gasteiger partial charge in [-0.15, -0.1) is 0 Å². The van der Waals surface area contributed by atoms with Crippen molar-refractivity contribution in [3.05, 3.63) is 58.2 Å². The summed E-state index contributed by atoms with van der Waals surface area (Å²) in [6.07, 6.45) is 5.66. The molecule has 2 bridgehead atoms. The van der Waals surface area contributed by atoms with E-state index in [9.17, 15) is 14.7 Å². The minimum Gasteiger partial charge on any atom is -0.494 e. The monoisotopic (exact) mass is 561 g/mol. The Morgan fingerprint density at radius 2 is 1.77 bits per heavy atom. The van der Waals surface area contributed by atoms with Crippen molar-refractivity contribution < 1.29 is 24.2 Å². The predicted octanol–water partition coefficient (Wildman–Crippen LogP) is 5.49. The molecule has 210 valence electrons. The lowest BCUT2D eigenvalue weighted by Gasteiger charge is -2.38. The zero-order chi connectivity index (χ0) is 28.1.